The number of rotatable bonds is 4. The third-order valence-corrected chi connectivity index (χ3v) is 3.85. The van der Waals surface area contributed by atoms with Gasteiger partial charge in [0.2, 0.25) is 5.91 Å². The maximum atomic E-state index is 10.9. The molecule has 1 saturated heterocycles. The van der Waals surface area contributed by atoms with Crippen molar-refractivity contribution in [2.45, 2.75) is 32.3 Å². The number of primary amides is 1. The molecule has 2 rings (SSSR count). The van der Waals surface area contributed by atoms with Gasteiger partial charge in [0.25, 0.3) is 0 Å². The summed E-state index contributed by atoms with van der Waals surface area (Å²) in [5.74, 6) is 0.241. The Labute approximate surface area is 114 Å². The number of carbonyl (C=O) groups excluding carboxylic acids is 1. The lowest BCUT2D eigenvalue weighted by atomic mass is 9.93. The number of nitrogens with zero attached hydrogens (tertiary/aromatic N) is 1. The number of anilines is 1. The molecule has 0 spiro atoms. The summed E-state index contributed by atoms with van der Waals surface area (Å²) in [6.07, 6.45) is 2.12. The Kier molecular flexibility index (Phi) is 4.43. The molecular weight excluding hydrogens is 240 g/mol. The molecule has 1 aromatic carbocycles. The van der Waals surface area contributed by atoms with Crippen molar-refractivity contribution in [3.05, 3.63) is 29.8 Å². The predicted molar refractivity (Wildman–Crippen MR) is 75.8 cm³/mol. The van der Waals surface area contributed by atoms with E-state index in [0.717, 1.165) is 31.5 Å². The Balaban J connectivity index is 1.92. The molecular formula is C15H22N2O2. The molecule has 19 heavy (non-hydrogen) atoms. The Hall–Kier alpha value is -1.55. The number of carbonyl (C=O) groups is 1. The summed E-state index contributed by atoms with van der Waals surface area (Å²) >= 11 is 0. The van der Waals surface area contributed by atoms with Crippen LogP contribution in [0.5, 0.6) is 0 Å². The molecule has 0 aromatic heterocycles. The summed E-state index contributed by atoms with van der Waals surface area (Å²) < 4.78 is 0. The van der Waals surface area contributed by atoms with Crippen LogP contribution in [0, 0.1) is 5.92 Å². The Bertz CT molecular complexity index is 420. The van der Waals surface area contributed by atoms with Gasteiger partial charge in [0.15, 0.2) is 0 Å². The highest BCUT2D eigenvalue weighted by Gasteiger charge is 2.20. The zero-order chi connectivity index (χ0) is 13.8. The van der Waals surface area contributed by atoms with Gasteiger partial charge in [0.05, 0.1) is 6.10 Å². The predicted octanol–water partition coefficient (Wildman–Crippen LogP) is 1.83. The van der Waals surface area contributed by atoms with Crippen molar-refractivity contribution in [3.8, 4) is 0 Å². The van der Waals surface area contributed by atoms with Crippen LogP contribution in [0.2, 0.25) is 0 Å². The number of nitrogens with two attached hydrogens (primary N) is 1. The molecule has 0 saturated carbocycles. The van der Waals surface area contributed by atoms with E-state index >= 15 is 0 Å². The molecule has 3 N–H and O–H groups in total. The zero-order valence-corrected chi connectivity index (χ0v) is 11.4. The van der Waals surface area contributed by atoms with E-state index < -0.39 is 6.10 Å². The van der Waals surface area contributed by atoms with Gasteiger partial charge in [-0.15, -0.1) is 0 Å². The van der Waals surface area contributed by atoms with Crippen LogP contribution in [-0.2, 0) is 4.79 Å². The molecule has 1 heterocycles. The second-order valence-electron chi connectivity index (χ2n) is 5.37. The van der Waals surface area contributed by atoms with Gasteiger partial charge in [0, 0.05) is 25.2 Å². The highest BCUT2D eigenvalue weighted by Crippen LogP contribution is 2.26. The molecule has 0 bridgehead atoms. The van der Waals surface area contributed by atoms with Crippen LogP contribution in [0.4, 0.5) is 5.69 Å². The number of amides is 1. The van der Waals surface area contributed by atoms with Crippen LogP contribution in [0.15, 0.2) is 24.3 Å². The maximum Gasteiger partial charge on any atom is 0.217 e. The first kappa shape index (κ1) is 13.9. The van der Waals surface area contributed by atoms with Crippen molar-refractivity contribution < 1.29 is 9.90 Å². The van der Waals surface area contributed by atoms with E-state index in [1.807, 2.05) is 12.1 Å². The molecule has 1 amide bonds. The first-order chi connectivity index (χ1) is 9.06. The summed E-state index contributed by atoms with van der Waals surface area (Å²) in [6.45, 7) is 3.70. The number of hydrogen-bond acceptors (Lipinski definition) is 3. The van der Waals surface area contributed by atoms with Crippen LogP contribution < -0.4 is 10.6 Å². The number of aliphatic hydroxyl groups is 1. The number of piperidine rings is 1. The third kappa shape index (κ3) is 3.70. The van der Waals surface area contributed by atoms with Gasteiger partial charge in [-0.1, -0.05) is 12.1 Å². The highest BCUT2D eigenvalue weighted by atomic mass is 16.3. The first-order valence-corrected chi connectivity index (χ1v) is 6.87. The molecule has 1 atom stereocenters. The topological polar surface area (TPSA) is 66.6 Å². The first-order valence-electron chi connectivity index (χ1n) is 6.87. The Morgan fingerprint density at radius 3 is 2.42 bits per heavy atom. The molecule has 0 radical (unpaired) electrons. The van der Waals surface area contributed by atoms with Crippen molar-refractivity contribution in [2.24, 2.45) is 11.7 Å². The van der Waals surface area contributed by atoms with Gasteiger partial charge in [-0.25, -0.2) is 0 Å². The third-order valence-electron chi connectivity index (χ3n) is 3.85. The lowest BCUT2D eigenvalue weighted by Gasteiger charge is -2.33. The van der Waals surface area contributed by atoms with Crippen LogP contribution in [0.25, 0.3) is 0 Å². The van der Waals surface area contributed by atoms with Gasteiger partial charge in [-0.05, 0) is 43.4 Å². The van der Waals surface area contributed by atoms with Crippen LogP contribution in [0.1, 0.15) is 37.9 Å². The molecule has 1 aliphatic rings. The molecule has 1 fully saturated rings. The molecule has 4 nitrogen and oxygen atoms in total. The van der Waals surface area contributed by atoms with E-state index in [-0.39, 0.29) is 5.91 Å². The quantitative estimate of drug-likeness (QED) is 0.870. The van der Waals surface area contributed by atoms with Gasteiger partial charge in [-0.3, -0.25) is 4.79 Å². The summed E-state index contributed by atoms with van der Waals surface area (Å²) in [7, 11) is 0. The zero-order valence-electron chi connectivity index (χ0n) is 11.4. The Morgan fingerprint density at radius 2 is 1.95 bits per heavy atom. The van der Waals surface area contributed by atoms with E-state index in [9.17, 15) is 9.90 Å². The Morgan fingerprint density at radius 1 is 1.37 bits per heavy atom. The molecule has 1 aliphatic heterocycles. The minimum absolute atomic E-state index is 0.195. The van der Waals surface area contributed by atoms with Crippen LogP contribution in [0.3, 0.4) is 0 Å². The second kappa shape index (κ2) is 6.06. The monoisotopic (exact) mass is 262 g/mol. The van der Waals surface area contributed by atoms with Crippen molar-refractivity contribution in [1.29, 1.82) is 0 Å². The number of benzene rings is 1. The second-order valence-corrected chi connectivity index (χ2v) is 5.37. The average molecular weight is 262 g/mol. The fourth-order valence-corrected chi connectivity index (χ4v) is 2.64. The number of aliphatic hydroxyl groups excluding tert-OH is 1. The largest absolute Gasteiger partial charge is 0.389 e. The standard InChI is InChI=1S/C15H22N2O2/c1-11(18)13-2-4-14(5-3-13)17-8-6-12(7-9-17)10-15(16)19/h2-5,11-12,18H,6-10H2,1H3,(H2,16,19)/t11-/m1/s1. The molecule has 0 unspecified atom stereocenters. The lowest BCUT2D eigenvalue weighted by molar-refractivity contribution is -0.119. The van der Waals surface area contributed by atoms with Crippen molar-refractivity contribution >= 4 is 11.6 Å². The molecule has 1 aromatic rings. The van der Waals surface area contributed by atoms with E-state index in [2.05, 4.69) is 17.0 Å². The SMILES string of the molecule is C[C@@H](O)c1ccc(N2CCC(CC(N)=O)CC2)cc1. The highest BCUT2D eigenvalue weighted by molar-refractivity contribution is 5.74. The number of hydrogen-bond donors (Lipinski definition) is 2. The van der Waals surface area contributed by atoms with E-state index in [1.165, 1.54) is 5.69 Å². The van der Waals surface area contributed by atoms with Gasteiger partial charge in [-0.2, -0.15) is 0 Å². The minimum Gasteiger partial charge on any atom is -0.389 e. The van der Waals surface area contributed by atoms with Crippen molar-refractivity contribution in [1.82, 2.24) is 0 Å². The van der Waals surface area contributed by atoms with Crippen LogP contribution >= 0.6 is 0 Å². The molecule has 104 valence electrons. The minimum atomic E-state index is -0.421. The van der Waals surface area contributed by atoms with Crippen molar-refractivity contribution in [3.63, 3.8) is 0 Å². The van der Waals surface area contributed by atoms with E-state index in [4.69, 9.17) is 5.73 Å². The molecule has 4 heteroatoms. The summed E-state index contributed by atoms with van der Waals surface area (Å²) in [5.41, 5.74) is 7.36. The average Bonchev–Trinajstić information content (AvgIpc) is 2.39. The summed E-state index contributed by atoms with van der Waals surface area (Å²) in [6, 6.07) is 8.04. The smallest absolute Gasteiger partial charge is 0.217 e. The van der Waals surface area contributed by atoms with Gasteiger partial charge >= 0.3 is 0 Å². The normalized spacial score (nSPS) is 18.3. The van der Waals surface area contributed by atoms with E-state index in [0.29, 0.717) is 12.3 Å². The van der Waals surface area contributed by atoms with Crippen LogP contribution in [-0.4, -0.2) is 24.1 Å². The van der Waals surface area contributed by atoms with E-state index in [1.54, 1.807) is 6.92 Å². The fraction of sp³-hybridized carbons (Fsp3) is 0.533. The van der Waals surface area contributed by atoms with Crippen molar-refractivity contribution in [2.75, 3.05) is 18.0 Å². The fourth-order valence-electron chi connectivity index (χ4n) is 2.64. The summed E-state index contributed by atoms with van der Waals surface area (Å²) in [5, 5.41) is 9.49. The van der Waals surface area contributed by atoms with Gasteiger partial charge < -0.3 is 15.7 Å². The maximum absolute atomic E-state index is 10.9. The van der Waals surface area contributed by atoms with Gasteiger partial charge in [0.1, 0.15) is 0 Å². The lowest BCUT2D eigenvalue weighted by Crippen LogP contribution is -2.35. The molecule has 0 aliphatic carbocycles. The summed E-state index contributed by atoms with van der Waals surface area (Å²) in [4.78, 5) is 13.2.